The van der Waals surface area contributed by atoms with Gasteiger partial charge in [0, 0.05) is 34.8 Å². The Labute approximate surface area is 164 Å². The normalized spacial score (nSPS) is 12.4. The largest absolute Gasteiger partial charge is 0.358 e. The zero-order chi connectivity index (χ0) is 20.1. The van der Waals surface area contributed by atoms with Gasteiger partial charge in [0.2, 0.25) is 0 Å². The summed E-state index contributed by atoms with van der Waals surface area (Å²) in [4.78, 5) is 14.5. The number of para-hydroxylation sites is 1. The number of aromatic nitrogens is 1. The fourth-order valence-electron chi connectivity index (χ4n) is 3.68. The van der Waals surface area contributed by atoms with Gasteiger partial charge in [-0.15, -0.1) is 0 Å². The van der Waals surface area contributed by atoms with Crippen LogP contribution in [0, 0.1) is 12.3 Å². The highest BCUT2D eigenvalue weighted by Crippen LogP contribution is 2.31. The van der Waals surface area contributed by atoms with Crippen molar-refractivity contribution in [3.05, 3.63) is 77.0 Å². The maximum Gasteiger partial charge on any atom is 0.267 e. The zero-order valence-electron chi connectivity index (χ0n) is 16.1. The minimum absolute atomic E-state index is 0.267. The molecule has 1 heterocycles. The van der Waals surface area contributed by atoms with Gasteiger partial charge in [0.25, 0.3) is 5.91 Å². The van der Waals surface area contributed by atoms with Crippen LogP contribution in [-0.4, -0.2) is 21.8 Å². The lowest BCUT2D eigenvalue weighted by Crippen LogP contribution is -2.14. The van der Waals surface area contributed by atoms with E-state index in [4.69, 9.17) is 10.6 Å². The van der Waals surface area contributed by atoms with Gasteiger partial charge in [0.05, 0.1) is 0 Å². The Morgan fingerprint density at radius 3 is 2.64 bits per heavy atom. The van der Waals surface area contributed by atoms with E-state index < -0.39 is 5.91 Å². The topological polar surface area (TPSA) is 89.0 Å². The lowest BCUT2D eigenvalue weighted by molar-refractivity contribution is -0.124. The van der Waals surface area contributed by atoms with Crippen LogP contribution in [0.4, 0.5) is 0 Å². The number of rotatable bonds is 7. The Morgan fingerprint density at radius 1 is 1.21 bits per heavy atom. The van der Waals surface area contributed by atoms with Crippen molar-refractivity contribution in [1.29, 1.82) is 5.41 Å². The standard InChI is InChI=1S/C23H25N3O2/c1-15(23-16(2)25-21-6-4-3-5-20(21)23)13-19(24)14-18-9-7-17(8-10-18)11-12-22(27)26-28/h3-12,15,24-25,28H,13-14H2,1-2H3,(H,26,27)/b12-11+,24-19?. The molecule has 1 amide bonds. The average molecular weight is 375 g/mol. The summed E-state index contributed by atoms with van der Waals surface area (Å²) >= 11 is 0. The van der Waals surface area contributed by atoms with E-state index in [2.05, 4.69) is 37.0 Å². The van der Waals surface area contributed by atoms with Crippen LogP contribution in [0.25, 0.3) is 17.0 Å². The summed E-state index contributed by atoms with van der Waals surface area (Å²) in [6.45, 7) is 4.27. The molecule has 5 heteroatoms. The molecule has 28 heavy (non-hydrogen) atoms. The summed E-state index contributed by atoms with van der Waals surface area (Å²) in [7, 11) is 0. The van der Waals surface area contributed by atoms with E-state index in [0.717, 1.165) is 16.6 Å². The number of H-pyrrole nitrogens is 1. The molecule has 0 fully saturated rings. The highest BCUT2D eigenvalue weighted by atomic mass is 16.5. The number of hydrogen-bond donors (Lipinski definition) is 4. The number of hydrogen-bond acceptors (Lipinski definition) is 3. The first-order chi connectivity index (χ1) is 13.5. The van der Waals surface area contributed by atoms with E-state index in [1.54, 1.807) is 11.6 Å². The van der Waals surface area contributed by atoms with Gasteiger partial charge in [0.15, 0.2) is 0 Å². The summed E-state index contributed by atoms with van der Waals surface area (Å²) in [6.07, 6.45) is 4.21. The number of benzene rings is 2. The van der Waals surface area contributed by atoms with E-state index in [1.807, 2.05) is 30.3 Å². The Kier molecular flexibility index (Phi) is 6.06. The van der Waals surface area contributed by atoms with Crippen LogP contribution in [0.15, 0.2) is 54.6 Å². The SMILES string of the molecule is Cc1[nH]c2ccccc2c1C(C)CC(=N)Cc1ccc(/C=C/C(=O)NO)cc1. The summed E-state index contributed by atoms with van der Waals surface area (Å²) in [6, 6.07) is 16.0. The first-order valence-electron chi connectivity index (χ1n) is 9.32. The van der Waals surface area contributed by atoms with Crippen molar-refractivity contribution in [2.45, 2.75) is 32.6 Å². The van der Waals surface area contributed by atoms with Crippen LogP contribution in [0.5, 0.6) is 0 Å². The van der Waals surface area contributed by atoms with E-state index in [-0.39, 0.29) is 5.92 Å². The molecule has 144 valence electrons. The van der Waals surface area contributed by atoms with Crippen molar-refractivity contribution < 1.29 is 10.0 Å². The lowest BCUT2D eigenvalue weighted by atomic mass is 9.91. The van der Waals surface area contributed by atoms with Crippen molar-refractivity contribution in [2.75, 3.05) is 0 Å². The molecule has 1 aromatic heterocycles. The summed E-state index contributed by atoms with van der Waals surface area (Å²) in [5.41, 5.74) is 7.80. The average Bonchev–Trinajstić information content (AvgIpc) is 3.02. The molecule has 0 spiro atoms. The molecule has 4 N–H and O–H groups in total. The molecule has 0 saturated carbocycles. The first kappa shape index (κ1) is 19.6. The van der Waals surface area contributed by atoms with Crippen molar-refractivity contribution in [2.24, 2.45) is 0 Å². The Balaban J connectivity index is 1.64. The van der Waals surface area contributed by atoms with E-state index >= 15 is 0 Å². The number of amides is 1. The number of carbonyl (C=O) groups excluding carboxylic acids is 1. The summed E-state index contributed by atoms with van der Waals surface area (Å²) in [5, 5.41) is 18.2. The Morgan fingerprint density at radius 2 is 1.93 bits per heavy atom. The molecule has 1 atom stereocenters. The van der Waals surface area contributed by atoms with Crippen LogP contribution in [0.2, 0.25) is 0 Å². The van der Waals surface area contributed by atoms with Crippen LogP contribution in [0.3, 0.4) is 0 Å². The zero-order valence-corrected chi connectivity index (χ0v) is 16.1. The monoisotopic (exact) mass is 375 g/mol. The van der Waals surface area contributed by atoms with Gasteiger partial charge < -0.3 is 10.4 Å². The molecule has 0 saturated heterocycles. The van der Waals surface area contributed by atoms with Crippen LogP contribution >= 0.6 is 0 Å². The number of fused-ring (bicyclic) bond motifs is 1. The maximum atomic E-state index is 11.0. The molecule has 0 radical (unpaired) electrons. The fraction of sp³-hybridized carbons (Fsp3) is 0.217. The second-order valence-corrected chi connectivity index (χ2v) is 7.15. The summed E-state index contributed by atoms with van der Waals surface area (Å²) in [5.74, 6) is -0.296. The molecule has 0 aliphatic heterocycles. The first-order valence-corrected chi connectivity index (χ1v) is 9.32. The van der Waals surface area contributed by atoms with Gasteiger partial charge in [-0.1, -0.05) is 49.4 Å². The molecule has 0 aliphatic carbocycles. The molecule has 5 nitrogen and oxygen atoms in total. The quantitative estimate of drug-likeness (QED) is 0.208. The predicted molar refractivity (Wildman–Crippen MR) is 113 cm³/mol. The maximum absolute atomic E-state index is 11.0. The highest BCUT2D eigenvalue weighted by Gasteiger charge is 2.16. The number of hydroxylamine groups is 1. The molecular formula is C23H25N3O2. The van der Waals surface area contributed by atoms with Crippen molar-refractivity contribution >= 4 is 28.6 Å². The minimum atomic E-state index is -0.563. The highest BCUT2D eigenvalue weighted by molar-refractivity contribution is 5.91. The van der Waals surface area contributed by atoms with Gasteiger partial charge >= 0.3 is 0 Å². The number of carbonyl (C=O) groups is 1. The van der Waals surface area contributed by atoms with E-state index in [1.165, 1.54) is 22.7 Å². The molecule has 0 aliphatic rings. The third kappa shape index (κ3) is 4.56. The second kappa shape index (κ2) is 8.67. The van der Waals surface area contributed by atoms with Gasteiger partial charge in [0.1, 0.15) is 0 Å². The fourth-order valence-corrected chi connectivity index (χ4v) is 3.68. The second-order valence-electron chi connectivity index (χ2n) is 7.15. The van der Waals surface area contributed by atoms with Crippen LogP contribution in [0.1, 0.15) is 41.6 Å². The molecule has 1 unspecified atom stereocenters. The van der Waals surface area contributed by atoms with Crippen molar-refractivity contribution in [1.82, 2.24) is 10.5 Å². The van der Waals surface area contributed by atoms with Crippen molar-refractivity contribution in [3.8, 4) is 0 Å². The number of aromatic amines is 1. The van der Waals surface area contributed by atoms with Gasteiger partial charge in [-0.2, -0.15) is 0 Å². The minimum Gasteiger partial charge on any atom is -0.358 e. The molecule has 3 rings (SSSR count). The smallest absolute Gasteiger partial charge is 0.267 e. The lowest BCUT2D eigenvalue weighted by Gasteiger charge is -2.13. The Bertz CT molecular complexity index is 1020. The number of aryl methyl sites for hydroxylation is 1. The summed E-state index contributed by atoms with van der Waals surface area (Å²) < 4.78 is 0. The third-order valence-electron chi connectivity index (χ3n) is 4.92. The Hall–Kier alpha value is -3.18. The van der Waals surface area contributed by atoms with Crippen LogP contribution in [-0.2, 0) is 11.2 Å². The number of nitrogens with one attached hydrogen (secondary N) is 3. The van der Waals surface area contributed by atoms with E-state index in [0.29, 0.717) is 18.6 Å². The van der Waals surface area contributed by atoms with Crippen LogP contribution < -0.4 is 5.48 Å². The predicted octanol–water partition coefficient (Wildman–Crippen LogP) is 4.75. The van der Waals surface area contributed by atoms with Crippen molar-refractivity contribution in [3.63, 3.8) is 0 Å². The van der Waals surface area contributed by atoms with Gasteiger partial charge in [-0.25, -0.2) is 5.48 Å². The third-order valence-corrected chi connectivity index (χ3v) is 4.92. The van der Waals surface area contributed by atoms with E-state index in [9.17, 15) is 4.79 Å². The molecule has 2 aromatic carbocycles. The van der Waals surface area contributed by atoms with Gasteiger partial charge in [-0.05, 0) is 48.1 Å². The molecular weight excluding hydrogens is 350 g/mol. The molecule has 3 aromatic rings. The van der Waals surface area contributed by atoms with Gasteiger partial charge in [-0.3, -0.25) is 10.0 Å². The molecule has 0 bridgehead atoms.